The molecule has 0 bridgehead atoms. The minimum absolute atomic E-state index is 0.0181. The maximum Gasteiger partial charge on any atom is 0.269 e. The molecule has 7 nitrogen and oxygen atoms in total. The number of hydrogen-bond acceptors (Lipinski definition) is 5. The molecule has 0 aliphatic carbocycles. The average Bonchev–Trinajstić information content (AvgIpc) is 3.21. The monoisotopic (exact) mass is 410 g/mol. The highest BCUT2D eigenvalue weighted by atomic mass is 32.2. The van der Waals surface area contributed by atoms with Crippen LogP contribution < -0.4 is 0 Å². The molecule has 0 spiro atoms. The lowest BCUT2D eigenvalue weighted by molar-refractivity contribution is -0.384. The molecule has 4 rings (SSSR count). The standard InChI is InChI=1S/C21H18N2O5S/c24-23(25)18-11-13-19(14-12-18)29(26,27)22-20(16-7-3-1-4-8-16)15-28-21(22)17-9-5-2-6-10-17/h1-14,20-21H,15H2. The van der Waals surface area contributed by atoms with Crippen LogP contribution in [0.2, 0.25) is 0 Å². The Morgan fingerprint density at radius 1 is 0.862 bits per heavy atom. The zero-order chi connectivity index (χ0) is 20.4. The van der Waals surface area contributed by atoms with Crippen LogP contribution in [0.4, 0.5) is 5.69 Å². The second kappa shape index (κ2) is 7.75. The highest BCUT2D eigenvalue weighted by molar-refractivity contribution is 7.89. The maximum atomic E-state index is 13.6. The topological polar surface area (TPSA) is 89.8 Å². The van der Waals surface area contributed by atoms with E-state index in [1.807, 2.05) is 60.7 Å². The van der Waals surface area contributed by atoms with E-state index in [2.05, 4.69) is 0 Å². The van der Waals surface area contributed by atoms with Gasteiger partial charge >= 0.3 is 0 Å². The molecule has 0 aromatic heterocycles. The second-order valence-electron chi connectivity index (χ2n) is 6.61. The lowest BCUT2D eigenvalue weighted by Gasteiger charge is -2.28. The van der Waals surface area contributed by atoms with Crippen molar-refractivity contribution in [3.8, 4) is 0 Å². The van der Waals surface area contributed by atoms with Crippen LogP contribution in [0.25, 0.3) is 0 Å². The van der Waals surface area contributed by atoms with E-state index in [9.17, 15) is 18.5 Å². The maximum absolute atomic E-state index is 13.6. The molecular formula is C21H18N2O5S. The van der Waals surface area contributed by atoms with Gasteiger partial charge in [0.1, 0.15) is 0 Å². The summed E-state index contributed by atoms with van der Waals surface area (Å²) in [6, 6.07) is 22.8. The number of non-ortho nitro benzene ring substituents is 1. The molecule has 3 aromatic rings. The van der Waals surface area contributed by atoms with E-state index in [1.54, 1.807) is 0 Å². The lowest BCUT2D eigenvalue weighted by atomic mass is 10.1. The summed E-state index contributed by atoms with van der Waals surface area (Å²) in [6.45, 7) is 0.204. The van der Waals surface area contributed by atoms with Crippen molar-refractivity contribution in [2.75, 3.05) is 6.61 Å². The summed E-state index contributed by atoms with van der Waals surface area (Å²) in [5.41, 5.74) is 1.37. The van der Waals surface area contributed by atoms with Gasteiger partial charge in [-0.2, -0.15) is 4.31 Å². The third-order valence-corrected chi connectivity index (χ3v) is 6.71. The van der Waals surface area contributed by atoms with Crippen LogP contribution in [0.1, 0.15) is 23.4 Å². The molecule has 0 radical (unpaired) electrons. The van der Waals surface area contributed by atoms with Crippen LogP contribution >= 0.6 is 0 Å². The second-order valence-corrected chi connectivity index (χ2v) is 8.45. The highest BCUT2D eigenvalue weighted by Crippen LogP contribution is 2.42. The van der Waals surface area contributed by atoms with E-state index in [1.165, 1.54) is 28.6 Å². The van der Waals surface area contributed by atoms with Gasteiger partial charge in [-0.15, -0.1) is 0 Å². The van der Waals surface area contributed by atoms with Crippen LogP contribution in [0.3, 0.4) is 0 Å². The van der Waals surface area contributed by atoms with Crippen molar-refractivity contribution in [1.82, 2.24) is 4.31 Å². The van der Waals surface area contributed by atoms with Gasteiger partial charge < -0.3 is 4.74 Å². The molecule has 1 fully saturated rings. The number of nitro benzene ring substituents is 1. The Morgan fingerprint density at radius 3 is 1.97 bits per heavy atom. The first-order valence-corrected chi connectivity index (χ1v) is 10.4. The number of sulfonamides is 1. The van der Waals surface area contributed by atoms with Crippen molar-refractivity contribution in [2.24, 2.45) is 0 Å². The van der Waals surface area contributed by atoms with E-state index < -0.39 is 27.2 Å². The molecule has 3 aromatic carbocycles. The molecule has 2 atom stereocenters. The average molecular weight is 410 g/mol. The Labute approximate surface area is 168 Å². The Bertz CT molecular complexity index is 1060. The predicted molar refractivity (Wildman–Crippen MR) is 106 cm³/mol. The Hall–Kier alpha value is -3.07. The van der Waals surface area contributed by atoms with Crippen molar-refractivity contribution in [3.63, 3.8) is 0 Å². The van der Waals surface area contributed by atoms with Crippen LogP contribution in [-0.2, 0) is 14.8 Å². The molecule has 148 valence electrons. The van der Waals surface area contributed by atoms with Gasteiger partial charge in [-0.25, -0.2) is 8.42 Å². The zero-order valence-corrected chi connectivity index (χ0v) is 16.1. The molecule has 0 N–H and O–H groups in total. The molecule has 8 heteroatoms. The quantitative estimate of drug-likeness (QED) is 0.467. The normalized spacial score (nSPS) is 19.9. The van der Waals surface area contributed by atoms with Gasteiger partial charge in [-0.05, 0) is 23.3 Å². The SMILES string of the molecule is O=[N+]([O-])c1ccc(S(=O)(=O)N2C(c3ccccc3)COC2c2ccccc2)cc1. The molecule has 0 amide bonds. The third kappa shape index (κ3) is 3.65. The number of ether oxygens (including phenoxy) is 1. The van der Waals surface area contributed by atoms with Crippen LogP contribution in [0, 0.1) is 10.1 Å². The van der Waals surface area contributed by atoms with Gasteiger partial charge in [0.2, 0.25) is 10.0 Å². The predicted octanol–water partition coefficient (Wildman–Crippen LogP) is 4.06. The summed E-state index contributed by atoms with van der Waals surface area (Å²) >= 11 is 0. The van der Waals surface area contributed by atoms with Crippen molar-refractivity contribution in [1.29, 1.82) is 0 Å². The summed E-state index contributed by atoms with van der Waals surface area (Å²) in [5, 5.41) is 10.9. The highest BCUT2D eigenvalue weighted by Gasteiger charge is 2.44. The van der Waals surface area contributed by atoms with E-state index >= 15 is 0 Å². The third-order valence-electron chi connectivity index (χ3n) is 4.84. The van der Waals surface area contributed by atoms with E-state index in [-0.39, 0.29) is 17.2 Å². The molecule has 1 saturated heterocycles. The number of rotatable bonds is 5. The fourth-order valence-electron chi connectivity index (χ4n) is 3.43. The van der Waals surface area contributed by atoms with Gasteiger partial charge in [0.15, 0.2) is 6.23 Å². The van der Waals surface area contributed by atoms with E-state index in [0.717, 1.165) is 11.1 Å². The molecule has 2 unspecified atom stereocenters. The number of benzene rings is 3. The van der Waals surface area contributed by atoms with E-state index in [0.29, 0.717) is 0 Å². The largest absolute Gasteiger partial charge is 0.356 e. The Balaban J connectivity index is 1.80. The minimum Gasteiger partial charge on any atom is -0.356 e. The van der Waals surface area contributed by atoms with Crippen molar-refractivity contribution in [2.45, 2.75) is 17.2 Å². The first kappa shape index (κ1) is 19.3. The molecule has 1 aliphatic heterocycles. The summed E-state index contributed by atoms with van der Waals surface area (Å²) in [5.74, 6) is 0. The van der Waals surface area contributed by atoms with Crippen LogP contribution in [0.5, 0.6) is 0 Å². The smallest absolute Gasteiger partial charge is 0.269 e. The molecule has 29 heavy (non-hydrogen) atoms. The zero-order valence-electron chi connectivity index (χ0n) is 15.3. The van der Waals surface area contributed by atoms with Crippen LogP contribution in [-0.4, -0.2) is 24.3 Å². The van der Waals surface area contributed by atoms with E-state index in [4.69, 9.17) is 4.74 Å². The van der Waals surface area contributed by atoms with Crippen molar-refractivity contribution in [3.05, 3.63) is 106 Å². The van der Waals surface area contributed by atoms with Gasteiger partial charge in [0, 0.05) is 12.1 Å². The Kier molecular flexibility index (Phi) is 5.14. The summed E-state index contributed by atoms with van der Waals surface area (Å²) < 4.78 is 34.4. The molecule has 1 heterocycles. The molecular weight excluding hydrogens is 392 g/mol. The molecule has 1 aliphatic rings. The first-order chi connectivity index (χ1) is 14.0. The van der Waals surface area contributed by atoms with Crippen molar-refractivity contribution < 1.29 is 18.1 Å². The number of hydrogen-bond donors (Lipinski definition) is 0. The van der Waals surface area contributed by atoms with Gasteiger partial charge in [0.05, 0.1) is 22.5 Å². The molecule has 0 saturated carbocycles. The minimum atomic E-state index is -3.99. The first-order valence-electron chi connectivity index (χ1n) is 8.98. The van der Waals surface area contributed by atoms with Gasteiger partial charge in [-0.1, -0.05) is 60.7 Å². The number of nitro groups is 1. The number of nitrogens with zero attached hydrogens (tertiary/aromatic N) is 2. The fourth-order valence-corrected chi connectivity index (χ4v) is 5.10. The summed E-state index contributed by atoms with van der Waals surface area (Å²) in [4.78, 5) is 10.3. The van der Waals surface area contributed by atoms with Gasteiger partial charge in [-0.3, -0.25) is 10.1 Å². The van der Waals surface area contributed by atoms with Crippen molar-refractivity contribution >= 4 is 15.7 Å². The summed E-state index contributed by atoms with van der Waals surface area (Å²) in [6.07, 6.45) is -0.790. The Morgan fingerprint density at radius 2 is 1.41 bits per heavy atom. The summed E-state index contributed by atoms with van der Waals surface area (Å²) in [7, 11) is -3.99. The van der Waals surface area contributed by atoms with Crippen LogP contribution in [0.15, 0.2) is 89.8 Å². The lowest BCUT2D eigenvalue weighted by Crippen LogP contribution is -2.33. The van der Waals surface area contributed by atoms with Gasteiger partial charge in [0.25, 0.3) is 5.69 Å². The fraction of sp³-hybridized carbons (Fsp3) is 0.143.